The van der Waals surface area contributed by atoms with Crippen LogP contribution in [0.2, 0.25) is 0 Å². The van der Waals surface area contributed by atoms with Gasteiger partial charge in [-0.05, 0) is 32.1 Å². The Kier molecular flexibility index (Phi) is 3.88. The summed E-state index contributed by atoms with van der Waals surface area (Å²) in [4.78, 5) is 22.1. The van der Waals surface area contributed by atoms with E-state index in [1.807, 2.05) is 6.92 Å². The van der Waals surface area contributed by atoms with Crippen LogP contribution >= 0.6 is 0 Å². The van der Waals surface area contributed by atoms with Crippen molar-refractivity contribution >= 4 is 11.9 Å². The van der Waals surface area contributed by atoms with Gasteiger partial charge in [-0.15, -0.1) is 0 Å². The number of hydrogen-bond acceptors (Lipinski definition) is 2. The fraction of sp³-hybridized carbons (Fsp3) is 0.636. The molecule has 1 fully saturated rings. The van der Waals surface area contributed by atoms with Gasteiger partial charge in [0.1, 0.15) is 6.04 Å². The van der Waals surface area contributed by atoms with E-state index in [1.165, 1.54) is 6.08 Å². The summed E-state index contributed by atoms with van der Waals surface area (Å²) < 4.78 is 0. The molecule has 0 aromatic rings. The lowest BCUT2D eigenvalue weighted by Crippen LogP contribution is -2.39. The number of carboxylic acids is 1. The molecule has 4 heteroatoms. The molecule has 2 N–H and O–H groups in total. The molecule has 0 aromatic carbocycles. The van der Waals surface area contributed by atoms with Crippen molar-refractivity contribution in [3.05, 3.63) is 11.6 Å². The summed E-state index contributed by atoms with van der Waals surface area (Å²) in [6, 6.07) is -0.777. The van der Waals surface area contributed by atoms with Gasteiger partial charge in [-0.2, -0.15) is 0 Å². The minimum absolute atomic E-state index is 0.298. The number of aliphatic carboxylic acids is 1. The van der Waals surface area contributed by atoms with Crippen LogP contribution in [0.25, 0.3) is 0 Å². The monoisotopic (exact) mass is 211 g/mol. The quantitative estimate of drug-likeness (QED) is 0.674. The first-order valence-corrected chi connectivity index (χ1v) is 5.26. The minimum Gasteiger partial charge on any atom is -0.480 e. The summed E-state index contributed by atoms with van der Waals surface area (Å²) in [6.07, 6.45) is 4.21. The van der Waals surface area contributed by atoms with Crippen LogP contribution < -0.4 is 5.32 Å². The molecule has 4 nitrogen and oxygen atoms in total. The molecule has 1 atom stereocenters. The zero-order valence-electron chi connectivity index (χ0n) is 9.12. The van der Waals surface area contributed by atoms with E-state index in [1.54, 1.807) is 6.92 Å². The van der Waals surface area contributed by atoms with Crippen LogP contribution in [0.15, 0.2) is 11.6 Å². The van der Waals surface area contributed by atoms with Crippen molar-refractivity contribution in [2.45, 2.75) is 39.2 Å². The Labute approximate surface area is 89.4 Å². The van der Waals surface area contributed by atoms with Crippen LogP contribution in [-0.4, -0.2) is 23.0 Å². The molecule has 0 radical (unpaired) electrons. The van der Waals surface area contributed by atoms with Crippen LogP contribution in [-0.2, 0) is 9.59 Å². The zero-order chi connectivity index (χ0) is 11.4. The van der Waals surface area contributed by atoms with Crippen molar-refractivity contribution in [2.75, 3.05) is 0 Å². The molecule has 1 rings (SSSR count). The third kappa shape index (κ3) is 3.73. The Morgan fingerprint density at radius 3 is 2.53 bits per heavy atom. The van der Waals surface area contributed by atoms with Gasteiger partial charge in [0.25, 0.3) is 0 Å². The van der Waals surface area contributed by atoms with Crippen molar-refractivity contribution in [3.63, 3.8) is 0 Å². The number of amides is 1. The molecule has 1 aliphatic rings. The van der Waals surface area contributed by atoms with Gasteiger partial charge in [0.15, 0.2) is 0 Å². The first-order valence-electron chi connectivity index (χ1n) is 5.26. The highest BCUT2D eigenvalue weighted by molar-refractivity contribution is 5.91. The van der Waals surface area contributed by atoms with Crippen molar-refractivity contribution in [1.82, 2.24) is 5.32 Å². The van der Waals surface area contributed by atoms with Crippen molar-refractivity contribution in [3.8, 4) is 0 Å². The van der Waals surface area contributed by atoms with Crippen molar-refractivity contribution in [2.24, 2.45) is 5.92 Å². The molecule has 84 valence electrons. The molecule has 0 heterocycles. The lowest BCUT2D eigenvalue weighted by molar-refractivity contribution is -0.141. The average molecular weight is 211 g/mol. The van der Waals surface area contributed by atoms with Gasteiger partial charge < -0.3 is 10.4 Å². The van der Waals surface area contributed by atoms with E-state index >= 15 is 0 Å². The maximum Gasteiger partial charge on any atom is 0.326 e. The number of carbonyl (C=O) groups is 2. The van der Waals surface area contributed by atoms with E-state index in [9.17, 15) is 9.59 Å². The standard InChI is InChI=1S/C11H17NO3/c1-3-9(11(14)15)12-10(13)6-7(2)8-4-5-8/h6,8-9H,3-5H2,1-2H3,(H,12,13)(H,14,15). The predicted molar refractivity (Wildman–Crippen MR) is 56.3 cm³/mol. The maximum absolute atomic E-state index is 11.4. The van der Waals surface area contributed by atoms with E-state index in [0.717, 1.165) is 18.4 Å². The maximum atomic E-state index is 11.4. The Balaban J connectivity index is 2.46. The molecule has 15 heavy (non-hydrogen) atoms. The highest BCUT2D eigenvalue weighted by Crippen LogP contribution is 2.35. The first-order chi connectivity index (χ1) is 7.04. The van der Waals surface area contributed by atoms with E-state index in [-0.39, 0.29) is 5.91 Å². The molecule has 0 aromatic heterocycles. The molecule has 0 saturated heterocycles. The van der Waals surface area contributed by atoms with Gasteiger partial charge in [-0.3, -0.25) is 4.79 Å². The van der Waals surface area contributed by atoms with E-state index in [4.69, 9.17) is 5.11 Å². The Hall–Kier alpha value is -1.32. The largest absolute Gasteiger partial charge is 0.480 e. The Morgan fingerprint density at radius 1 is 1.53 bits per heavy atom. The summed E-state index contributed by atoms with van der Waals surface area (Å²) in [5, 5.41) is 11.2. The molecule has 0 spiro atoms. The van der Waals surface area contributed by atoms with Crippen molar-refractivity contribution in [1.29, 1.82) is 0 Å². The highest BCUT2D eigenvalue weighted by atomic mass is 16.4. The fourth-order valence-electron chi connectivity index (χ4n) is 1.42. The van der Waals surface area contributed by atoms with Gasteiger partial charge in [0.2, 0.25) is 5.91 Å². The van der Waals surface area contributed by atoms with Crippen LogP contribution in [0.5, 0.6) is 0 Å². The fourth-order valence-corrected chi connectivity index (χ4v) is 1.42. The van der Waals surface area contributed by atoms with Crippen LogP contribution in [0.1, 0.15) is 33.1 Å². The molecule has 0 aliphatic heterocycles. The lowest BCUT2D eigenvalue weighted by atomic mass is 10.1. The van der Waals surface area contributed by atoms with E-state index in [0.29, 0.717) is 12.3 Å². The summed E-state index contributed by atoms with van der Waals surface area (Å²) in [7, 11) is 0. The zero-order valence-corrected chi connectivity index (χ0v) is 9.12. The van der Waals surface area contributed by atoms with E-state index in [2.05, 4.69) is 5.32 Å². The molecule has 1 saturated carbocycles. The average Bonchev–Trinajstić information content (AvgIpc) is 2.96. The smallest absolute Gasteiger partial charge is 0.326 e. The van der Waals surface area contributed by atoms with Gasteiger partial charge in [-0.25, -0.2) is 4.79 Å². The number of nitrogens with one attached hydrogen (secondary N) is 1. The molecule has 1 unspecified atom stereocenters. The van der Waals surface area contributed by atoms with Gasteiger partial charge in [0, 0.05) is 6.08 Å². The van der Waals surface area contributed by atoms with Crippen molar-refractivity contribution < 1.29 is 14.7 Å². The molecule has 0 bridgehead atoms. The minimum atomic E-state index is -0.983. The summed E-state index contributed by atoms with van der Waals surface area (Å²) >= 11 is 0. The second kappa shape index (κ2) is 4.96. The van der Waals surface area contributed by atoms with Gasteiger partial charge in [0.05, 0.1) is 0 Å². The third-order valence-corrected chi connectivity index (χ3v) is 2.60. The SMILES string of the molecule is CCC(NC(=O)C=C(C)C1CC1)C(=O)O. The van der Waals surface area contributed by atoms with Crippen LogP contribution in [0.3, 0.4) is 0 Å². The second-order valence-corrected chi connectivity index (χ2v) is 3.97. The normalized spacial score (nSPS) is 18.4. The molecular formula is C11H17NO3. The second-order valence-electron chi connectivity index (χ2n) is 3.97. The Bertz CT molecular complexity index is 292. The summed E-state index contributed by atoms with van der Waals surface area (Å²) in [6.45, 7) is 3.65. The van der Waals surface area contributed by atoms with Gasteiger partial charge >= 0.3 is 5.97 Å². The Morgan fingerprint density at radius 2 is 2.13 bits per heavy atom. The molecular weight excluding hydrogens is 194 g/mol. The van der Waals surface area contributed by atoms with E-state index < -0.39 is 12.0 Å². The van der Waals surface area contributed by atoms with Gasteiger partial charge in [-0.1, -0.05) is 12.5 Å². The highest BCUT2D eigenvalue weighted by Gasteiger charge is 2.24. The number of hydrogen-bond donors (Lipinski definition) is 2. The summed E-state index contributed by atoms with van der Waals surface area (Å²) in [5.41, 5.74) is 1.05. The number of rotatable bonds is 5. The first kappa shape index (κ1) is 11.8. The lowest BCUT2D eigenvalue weighted by Gasteiger charge is -2.10. The predicted octanol–water partition coefficient (Wildman–Crippen LogP) is 1.32. The summed E-state index contributed by atoms with van der Waals surface area (Å²) in [5.74, 6) is -0.738. The van der Waals surface area contributed by atoms with Crippen LogP contribution in [0, 0.1) is 5.92 Å². The molecule has 1 amide bonds. The number of carboxylic acid groups (broad SMARTS) is 1. The third-order valence-electron chi connectivity index (χ3n) is 2.60. The van der Waals surface area contributed by atoms with Crippen LogP contribution in [0.4, 0.5) is 0 Å². The topological polar surface area (TPSA) is 66.4 Å². The number of carbonyl (C=O) groups excluding carboxylic acids is 1. The molecule has 1 aliphatic carbocycles. The number of allylic oxidation sites excluding steroid dienone is 1.